The van der Waals surface area contributed by atoms with Crippen LogP contribution in [0.3, 0.4) is 0 Å². The summed E-state index contributed by atoms with van der Waals surface area (Å²) >= 11 is 0. The molecule has 0 amide bonds. The summed E-state index contributed by atoms with van der Waals surface area (Å²) in [5.41, 5.74) is 0. The van der Waals surface area contributed by atoms with E-state index in [1.807, 2.05) is 0 Å². The Morgan fingerprint density at radius 1 is 0.632 bits per heavy atom. The molecule has 110 valence electrons. The van der Waals surface area contributed by atoms with Gasteiger partial charge in [0.2, 0.25) is 0 Å². The maximum absolute atomic E-state index is 2.36. The Bertz CT molecular complexity index is 261. The van der Waals surface area contributed by atoms with Crippen molar-refractivity contribution in [3.63, 3.8) is 0 Å². The second-order valence-electron chi connectivity index (χ2n) is 7.95. The second-order valence-corrected chi connectivity index (χ2v) is 7.95. The van der Waals surface area contributed by atoms with Crippen LogP contribution in [0.1, 0.15) is 90.4 Å². The van der Waals surface area contributed by atoms with E-state index in [-0.39, 0.29) is 0 Å². The summed E-state index contributed by atoms with van der Waals surface area (Å²) in [4.78, 5) is 0. The zero-order chi connectivity index (χ0) is 13.1. The Morgan fingerprint density at radius 3 is 1.89 bits per heavy atom. The van der Waals surface area contributed by atoms with Gasteiger partial charge >= 0.3 is 0 Å². The molecule has 0 N–H and O–H groups in total. The number of hydrogen-bond acceptors (Lipinski definition) is 0. The molecule has 0 aromatic carbocycles. The minimum atomic E-state index is 1.09. The number of rotatable bonds is 3. The van der Waals surface area contributed by atoms with Crippen molar-refractivity contribution in [2.24, 2.45) is 29.6 Å². The predicted molar refractivity (Wildman–Crippen MR) is 83.1 cm³/mol. The molecule has 3 fully saturated rings. The first-order valence-corrected chi connectivity index (χ1v) is 9.36. The van der Waals surface area contributed by atoms with E-state index in [2.05, 4.69) is 6.92 Å². The Hall–Kier alpha value is 0. The van der Waals surface area contributed by atoms with Gasteiger partial charge in [-0.05, 0) is 61.7 Å². The molecule has 0 heteroatoms. The highest BCUT2D eigenvalue weighted by molar-refractivity contribution is 4.87. The second kappa shape index (κ2) is 6.64. The van der Waals surface area contributed by atoms with Gasteiger partial charge in [0.05, 0.1) is 0 Å². The summed E-state index contributed by atoms with van der Waals surface area (Å²) < 4.78 is 0. The van der Waals surface area contributed by atoms with Gasteiger partial charge in [-0.15, -0.1) is 0 Å². The van der Waals surface area contributed by atoms with Crippen LogP contribution in [0.15, 0.2) is 0 Å². The Balaban J connectivity index is 1.48. The molecule has 3 rings (SSSR count). The van der Waals surface area contributed by atoms with Gasteiger partial charge in [0.1, 0.15) is 0 Å². The molecule has 0 saturated heterocycles. The third-order valence-corrected chi connectivity index (χ3v) is 6.84. The quantitative estimate of drug-likeness (QED) is 0.568. The molecule has 0 aromatic rings. The topological polar surface area (TPSA) is 0 Å². The predicted octanol–water partition coefficient (Wildman–Crippen LogP) is 6.20. The summed E-state index contributed by atoms with van der Waals surface area (Å²) in [5.74, 6) is 5.62. The first-order chi connectivity index (χ1) is 9.36. The third-order valence-electron chi connectivity index (χ3n) is 6.84. The Kier molecular flexibility index (Phi) is 4.87. The largest absolute Gasteiger partial charge is 0.0654 e. The van der Waals surface area contributed by atoms with Crippen LogP contribution in [-0.2, 0) is 0 Å². The van der Waals surface area contributed by atoms with Crippen molar-refractivity contribution >= 4 is 0 Å². The average molecular weight is 262 g/mol. The molecule has 0 unspecified atom stereocenters. The van der Waals surface area contributed by atoms with Crippen molar-refractivity contribution < 1.29 is 0 Å². The Morgan fingerprint density at radius 2 is 1.16 bits per heavy atom. The van der Waals surface area contributed by atoms with E-state index in [1.54, 1.807) is 57.8 Å². The molecular weight excluding hydrogens is 228 g/mol. The van der Waals surface area contributed by atoms with Crippen LogP contribution in [0.5, 0.6) is 0 Å². The summed E-state index contributed by atoms with van der Waals surface area (Å²) in [7, 11) is 0. The summed E-state index contributed by atoms with van der Waals surface area (Å²) in [6.07, 6.45) is 20.2. The fraction of sp³-hybridized carbons (Fsp3) is 1.00. The van der Waals surface area contributed by atoms with E-state index < -0.39 is 0 Å². The van der Waals surface area contributed by atoms with Crippen LogP contribution < -0.4 is 0 Å². The van der Waals surface area contributed by atoms with Crippen LogP contribution in [0.4, 0.5) is 0 Å². The summed E-state index contributed by atoms with van der Waals surface area (Å²) in [6, 6.07) is 0. The van der Waals surface area contributed by atoms with Crippen LogP contribution >= 0.6 is 0 Å². The molecule has 3 saturated carbocycles. The van der Waals surface area contributed by atoms with Crippen molar-refractivity contribution in [3.8, 4) is 0 Å². The van der Waals surface area contributed by atoms with Gasteiger partial charge in [-0.1, -0.05) is 58.3 Å². The van der Waals surface area contributed by atoms with Gasteiger partial charge in [-0.2, -0.15) is 0 Å². The normalized spacial score (nSPS) is 43.7. The lowest BCUT2D eigenvalue weighted by molar-refractivity contribution is 0.0775. The van der Waals surface area contributed by atoms with Crippen LogP contribution in [-0.4, -0.2) is 0 Å². The van der Waals surface area contributed by atoms with E-state index >= 15 is 0 Å². The van der Waals surface area contributed by atoms with Gasteiger partial charge in [-0.25, -0.2) is 0 Å². The van der Waals surface area contributed by atoms with Gasteiger partial charge in [0.15, 0.2) is 0 Å². The summed E-state index contributed by atoms with van der Waals surface area (Å²) in [5, 5.41) is 0. The molecule has 0 bridgehead atoms. The average Bonchev–Trinajstić information content (AvgIpc) is 2.48. The van der Waals surface area contributed by atoms with Crippen molar-refractivity contribution in [2.45, 2.75) is 90.4 Å². The zero-order valence-electron chi connectivity index (χ0n) is 13.1. The minimum Gasteiger partial charge on any atom is -0.0654 e. The van der Waals surface area contributed by atoms with Crippen LogP contribution in [0.2, 0.25) is 0 Å². The molecule has 0 aliphatic heterocycles. The molecule has 19 heavy (non-hydrogen) atoms. The summed E-state index contributed by atoms with van der Waals surface area (Å²) in [6.45, 7) is 2.36. The highest BCUT2D eigenvalue weighted by Crippen LogP contribution is 2.48. The van der Waals surface area contributed by atoms with E-state index in [0.29, 0.717) is 0 Å². The first kappa shape index (κ1) is 14.0. The van der Waals surface area contributed by atoms with Gasteiger partial charge < -0.3 is 0 Å². The standard InChI is InChI=1S/C19H34/c1-2-5-15-8-10-17(11-9-15)19-13-12-16-6-3-4-7-18(16)14-19/h15-19H,2-14H2,1H3/t15?,16-,17?,18-,19-/m0/s1. The van der Waals surface area contributed by atoms with Gasteiger partial charge in [0, 0.05) is 0 Å². The van der Waals surface area contributed by atoms with Crippen LogP contribution in [0.25, 0.3) is 0 Å². The van der Waals surface area contributed by atoms with Crippen molar-refractivity contribution in [3.05, 3.63) is 0 Å². The maximum atomic E-state index is 2.36. The van der Waals surface area contributed by atoms with Gasteiger partial charge in [0.25, 0.3) is 0 Å². The SMILES string of the molecule is CCCC1CCC([C@H]2CC[C@@H]3CCCC[C@H]3C2)CC1. The molecular formula is C19H34. The monoisotopic (exact) mass is 262 g/mol. The van der Waals surface area contributed by atoms with E-state index in [4.69, 9.17) is 0 Å². The molecule has 3 aliphatic carbocycles. The zero-order valence-corrected chi connectivity index (χ0v) is 13.1. The van der Waals surface area contributed by atoms with Crippen molar-refractivity contribution in [1.29, 1.82) is 0 Å². The smallest absolute Gasteiger partial charge is 0.0383 e. The molecule has 0 aromatic heterocycles. The molecule has 0 radical (unpaired) electrons. The fourth-order valence-electron chi connectivity index (χ4n) is 5.69. The molecule has 0 spiro atoms. The molecule has 3 atom stereocenters. The highest BCUT2D eigenvalue weighted by Gasteiger charge is 2.36. The number of hydrogen-bond donors (Lipinski definition) is 0. The van der Waals surface area contributed by atoms with Crippen molar-refractivity contribution in [2.75, 3.05) is 0 Å². The molecule has 0 nitrogen and oxygen atoms in total. The van der Waals surface area contributed by atoms with Crippen LogP contribution in [0, 0.1) is 29.6 Å². The first-order valence-electron chi connectivity index (χ1n) is 9.36. The third kappa shape index (κ3) is 3.37. The Labute approximate surface area is 120 Å². The van der Waals surface area contributed by atoms with Gasteiger partial charge in [-0.3, -0.25) is 0 Å². The van der Waals surface area contributed by atoms with Crippen molar-refractivity contribution in [1.82, 2.24) is 0 Å². The number of fused-ring (bicyclic) bond motifs is 1. The van der Waals surface area contributed by atoms with E-state index in [1.165, 1.54) is 25.7 Å². The molecule has 3 aliphatic rings. The fourth-order valence-corrected chi connectivity index (χ4v) is 5.69. The lowest BCUT2D eigenvalue weighted by Gasteiger charge is -2.43. The highest BCUT2D eigenvalue weighted by atomic mass is 14.4. The minimum absolute atomic E-state index is 1.09. The lowest BCUT2D eigenvalue weighted by Crippen LogP contribution is -2.32. The lowest BCUT2D eigenvalue weighted by atomic mass is 9.62. The van der Waals surface area contributed by atoms with E-state index in [0.717, 1.165) is 29.6 Å². The maximum Gasteiger partial charge on any atom is -0.0383 e. The molecule has 0 heterocycles. The van der Waals surface area contributed by atoms with E-state index in [9.17, 15) is 0 Å².